The van der Waals surface area contributed by atoms with Crippen molar-refractivity contribution in [3.05, 3.63) is 0 Å². The molecule has 1 heterocycles. The number of aliphatic hydroxyl groups excluding tert-OH is 4. The normalized spacial score (nSPS) is 34.0. The number of aliphatic hydroxyl groups is 4. The molecule has 0 bridgehead atoms. The SMILES string of the molecule is Br.Br.NCCS/C(N)=N/C1O[C@@H](CO)[C@H](O)[C@@H](O)[C@@H]1O. The molecule has 0 aromatic carbocycles. The highest BCUT2D eigenvalue weighted by molar-refractivity contribution is 8.93. The Bertz CT molecular complexity index is 301. The van der Waals surface area contributed by atoms with Gasteiger partial charge in [0.25, 0.3) is 0 Å². The third-order valence-corrected chi connectivity index (χ3v) is 3.33. The molecule has 0 radical (unpaired) electrons. The van der Waals surface area contributed by atoms with Crippen molar-refractivity contribution in [2.75, 3.05) is 18.9 Å². The van der Waals surface area contributed by atoms with Crippen LogP contribution < -0.4 is 11.5 Å². The van der Waals surface area contributed by atoms with Crippen molar-refractivity contribution in [3.63, 3.8) is 0 Å². The second-order valence-electron chi connectivity index (χ2n) is 3.82. The molecule has 1 fully saturated rings. The lowest BCUT2D eigenvalue weighted by Crippen LogP contribution is -2.58. The Balaban J connectivity index is 0. The van der Waals surface area contributed by atoms with Gasteiger partial charge < -0.3 is 36.6 Å². The molecule has 0 saturated carbocycles. The summed E-state index contributed by atoms with van der Waals surface area (Å²) >= 11 is 1.19. The van der Waals surface area contributed by atoms with E-state index in [0.717, 1.165) is 0 Å². The molecule has 8 N–H and O–H groups in total. The molecule has 0 aromatic rings. The monoisotopic (exact) mass is 441 g/mol. The quantitative estimate of drug-likeness (QED) is 0.214. The fourth-order valence-electron chi connectivity index (χ4n) is 1.51. The van der Waals surface area contributed by atoms with E-state index in [9.17, 15) is 15.3 Å². The summed E-state index contributed by atoms with van der Waals surface area (Å²) in [6.45, 7) is -0.0671. The van der Waals surface area contributed by atoms with E-state index in [0.29, 0.717) is 12.3 Å². The second kappa shape index (κ2) is 11.2. The van der Waals surface area contributed by atoms with Crippen LogP contribution in [-0.4, -0.2) is 75.1 Å². The zero-order valence-electron chi connectivity index (χ0n) is 10.5. The number of halogens is 2. The number of nitrogens with two attached hydrogens (primary N) is 2. The number of rotatable bonds is 4. The molecule has 11 heteroatoms. The van der Waals surface area contributed by atoms with Crippen molar-refractivity contribution in [1.29, 1.82) is 0 Å². The summed E-state index contributed by atoms with van der Waals surface area (Å²) in [6, 6.07) is 0. The van der Waals surface area contributed by atoms with Gasteiger partial charge in [0.1, 0.15) is 24.4 Å². The molecule has 1 rings (SSSR count). The molecule has 1 saturated heterocycles. The first-order valence-corrected chi connectivity index (χ1v) is 6.46. The van der Waals surface area contributed by atoms with Crippen LogP contribution in [0.5, 0.6) is 0 Å². The summed E-state index contributed by atoms with van der Waals surface area (Å²) in [5, 5.41) is 37.9. The number of hydrogen-bond donors (Lipinski definition) is 6. The van der Waals surface area contributed by atoms with Gasteiger partial charge in [-0.1, -0.05) is 11.8 Å². The highest BCUT2D eigenvalue weighted by atomic mass is 79.9. The second-order valence-corrected chi connectivity index (χ2v) is 4.94. The fraction of sp³-hybridized carbons (Fsp3) is 0.889. The topological polar surface area (TPSA) is 155 Å². The van der Waals surface area contributed by atoms with Crippen LogP contribution in [0, 0.1) is 0 Å². The minimum Gasteiger partial charge on any atom is -0.394 e. The number of aliphatic imine (C=N–C) groups is 1. The van der Waals surface area contributed by atoms with Gasteiger partial charge in [-0.3, -0.25) is 0 Å². The number of thioether (sulfide) groups is 1. The third kappa shape index (κ3) is 6.12. The lowest BCUT2D eigenvalue weighted by atomic mass is 9.99. The molecule has 0 amide bonds. The predicted octanol–water partition coefficient (Wildman–Crippen LogP) is -2.05. The molecule has 0 spiro atoms. The summed E-state index contributed by atoms with van der Waals surface area (Å²) in [4.78, 5) is 3.88. The number of hydrogen-bond acceptors (Lipinski definition) is 8. The van der Waals surface area contributed by atoms with Gasteiger partial charge in [0, 0.05) is 12.3 Å². The molecule has 8 nitrogen and oxygen atoms in total. The average molecular weight is 443 g/mol. The Morgan fingerprint density at radius 2 is 1.75 bits per heavy atom. The molecule has 122 valence electrons. The highest BCUT2D eigenvalue weighted by Crippen LogP contribution is 2.22. The van der Waals surface area contributed by atoms with E-state index in [4.69, 9.17) is 21.3 Å². The van der Waals surface area contributed by atoms with Crippen LogP contribution >= 0.6 is 45.7 Å². The summed E-state index contributed by atoms with van der Waals surface area (Å²) in [5.41, 5.74) is 10.9. The highest BCUT2D eigenvalue weighted by Gasteiger charge is 2.43. The van der Waals surface area contributed by atoms with E-state index >= 15 is 0 Å². The van der Waals surface area contributed by atoms with Crippen molar-refractivity contribution >= 4 is 50.9 Å². The summed E-state index contributed by atoms with van der Waals surface area (Å²) in [5.74, 6) is 0.562. The van der Waals surface area contributed by atoms with E-state index in [1.807, 2.05) is 0 Å². The van der Waals surface area contributed by atoms with Crippen molar-refractivity contribution in [1.82, 2.24) is 0 Å². The first-order chi connectivity index (χ1) is 8.51. The van der Waals surface area contributed by atoms with E-state index in [2.05, 4.69) is 4.99 Å². The van der Waals surface area contributed by atoms with Crippen molar-refractivity contribution < 1.29 is 25.2 Å². The largest absolute Gasteiger partial charge is 0.394 e. The smallest absolute Gasteiger partial charge is 0.180 e. The molecular formula is C9H21Br2N3O5S. The maximum Gasteiger partial charge on any atom is 0.180 e. The Labute approximate surface area is 142 Å². The van der Waals surface area contributed by atoms with E-state index in [-0.39, 0.29) is 39.1 Å². The van der Waals surface area contributed by atoms with Gasteiger partial charge in [-0.25, -0.2) is 4.99 Å². The molecule has 0 aromatic heterocycles. The Hall–Kier alpha value is 0.540. The molecule has 1 aliphatic rings. The van der Waals surface area contributed by atoms with E-state index in [1.54, 1.807) is 0 Å². The standard InChI is InChI=1S/C9H19N3O5S.2BrH/c10-1-2-18-9(11)12-8-7(16)6(15)5(14)4(3-13)17-8;;/h4-8,13-16H,1-3,10H2,(H2,11,12);2*1H/t4-,5-,6+,7-,8?;;/m0../s1. The van der Waals surface area contributed by atoms with Crippen molar-refractivity contribution in [3.8, 4) is 0 Å². The van der Waals surface area contributed by atoms with Crippen LogP contribution in [0.4, 0.5) is 0 Å². The van der Waals surface area contributed by atoms with E-state index in [1.165, 1.54) is 11.8 Å². The van der Waals surface area contributed by atoms with Crippen LogP contribution in [0.15, 0.2) is 4.99 Å². The lowest BCUT2D eigenvalue weighted by Gasteiger charge is -2.38. The summed E-state index contributed by atoms with van der Waals surface area (Å²) in [6.07, 6.45) is -6.35. The van der Waals surface area contributed by atoms with Gasteiger partial charge in [0.15, 0.2) is 11.4 Å². The molecule has 5 atom stereocenters. The third-order valence-electron chi connectivity index (χ3n) is 2.49. The molecule has 1 aliphatic heterocycles. The first kappa shape index (κ1) is 22.8. The molecule has 20 heavy (non-hydrogen) atoms. The Morgan fingerprint density at radius 3 is 2.25 bits per heavy atom. The maximum absolute atomic E-state index is 9.68. The number of nitrogens with zero attached hydrogens (tertiary/aromatic N) is 1. The zero-order valence-corrected chi connectivity index (χ0v) is 14.8. The van der Waals surface area contributed by atoms with Crippen LogP contribution in [0.3, 0.4) is 0 Å². The Kier molecular flexibility index (Phi) is 12.7. The van der Waals surface area contributed by atoms with Crippen molar-refractivity contribution in [2.24, 2.45) is 16.5 Å². The Morgan fingerprint density at radius 1 is 1.15 bits per heavy atom. The van der Waals surface area contributed by atoms with Gasteiger partial charge in [0.05, 0.1) is 6.61 Å². The van der Waals surface area contributed by atoms with Gasteiger partial charge in [-0.2, -0.15) is 0 Å². The summed E-state index contributed by atoms with van der Waals surface area (Å²) in [7, 11) is 0. The van der Waals surface area contributed by atoms with Crippen LogP contribution in [0.1, 0.15) is 0 Å². The summed E-state index contributed by atoms with van der Waals surface area (Å²) < 4.78 is 5.16. The average Bonchev–Trinajstić information content (AvgIpc) is 2.37. The van der Waals surface area contributed by atoms with Crippen LogP contribution in [0.2, 0.25) is 0 Å². The number of amidine groups is 1. The van der Waals surface area contributed by atoms with Crippen LogP contribution in [-0.2, 0) is 4.74 Å². The molecule has 1 unspecified atom stereocenters. The van der Waals surface area contributed by atoms with Gasteiger partial charge in [-0.05, 0) is 0 Å². The van der Waals surface area contributed by atoms with Crippen molar-refractivity contribution in [2.45, 2.75) is 30.6 Å². The predicted molar refractivity (Wildman–Crippen MR) is 87.5 cm³/mol. The molecule has 0 aliphatic carbocycles. The minimum atomic E-state index is -1.45. The van der Waals surface area contributed by atoms with Gasteiger partial charge in [0.2, 0.25) is 0 Å². The van der Waals surface area contributed by atoms with Gasteiger partial charge in [-0.15, -0.1) is 34.0 Å². The fourth-order valence-corrected chi connectivity index (χ4v) is 2.02. The van der Waals surface area contributed by atoms with E-state index < -0.39 is 37.3 Å². The van der Waals surface area contributed by atoms with Crippen LogP contribution in [0.25, 0.3) is 0 Å². The molecular weight excluding hydrogens is 422 g/mol. The van der Waals surface area contributed by atoms with Gasteiger partial charge >= 0.3 is 0 Å². The maximum atomic E-state index is 9.68. The number of ether oxygens (including phenoxy) is 1. The zero-order chi connectivity index (χ0) is 13.7. The lowest BCUT2D eigenvalue weighted by molar-refractivity contribution is -0.226. The minimum absolute atomic E-state index is 0. The first-order valence-electron chi connectivity index (χ1n) is 5.48.